The molecular formula is C42H55N3O2. The fourth-order valence-corrected chi connectivity index (χ4v) is 8.11. The van der Waals surface area contributed by atoms with Crippen LogP contribution in [0.2, 0.25) is 0 Å². The van der Waals surface area contributed by atoms with Gasteiger partial charge in [-0.25, -0.2) is 0 Å². The molecule has 2 atom stereocenters. The Morgan fingerprint density at radius 3 is 1.66 bits per heavy atom. The van der Waals surface area contributed by atoms with Gasteiger partial charge in [0.2, 0.25) is 0 Å². The molecule has 4 aromatic rings. The number of nitrogens with zero attached hydrogens (tertiary/aromatic N) is 3. The zero-order chi connectivity index (χ0) is 32.7. The zero-order valence-corrected chi connectivity index (χ0v) is 29.2. The summed E-state index contributed by atoms with van der Waals surface area (Å²) in [6.45, 7) is 19.8. The number of benzene rings is 4. The first-order valence-corrected chi connectivity index (χ1v) is 18.0. The minimum absolute atomic E-state index is 0.110. The predicted molar refractivity (Wildman–Crippen MR) is 198 cm³/mol. The number of rotatable bonds is 13. The van der Waals surface area contributed by atoms with Gasteiger partial charge in [-0.15, -0.1) is 0 Å². The first kappa shape index (κ1) is 33.8. The molecule has 2 fully saturated rings. The smallest absolute Gasteiger partial charge is 0.0594 e. The maximum absolute atomic E-state index is 5.71. The minimum atomic E-state index is -0.204. The summed E-state index contributed by atoms with van der Waals surface area (Å²) in [6.07, 6.45) is 4.49. The maximum Gasteiger partial charge on any atom is 0.0594 e. The highest BCUT2D eigenvalue weighted by molar-refractivity contribution is 5.91. The number of hydrogen-bond acceptors (Lipinski definition) is 5. The van der Waals surface area contributed by atoms with Crippen LogP contribution in [0.25, 0.3) is 21.5 Å². The fraction of sp³-hybridized carbons (Fsp3) is 0.500. The summed E-state index contributed by atoms with van der Waals surface area (Å²) >= 11 is 0. The van der Waals surface area contributed by atoms with E-state index in [1.54, 1.807) is 0 Å². The van der Waals surface area contributed by atoms with Crippen LogP contribution in [0.1, 0.15) is 51.7 Å². The lowest BCUT2D eigenvalue weighted by molar-refractivity contribution is 0.0330. The molecule has 5 heteroatoms. The Kier molecular flexibility index (Phi) is 11.1. The highest BCUT2D eigenvalue weighted by atomic mass is 16.5. The first-order chi connectivity index (χ1) is 22.9. The van der Waals surface area contributed by atoms with E-state index in [-0.39, 0.29) is 10.8 Å². The molecule has 0 spiro atoms. The largest absolute Gasteiger partial charge is 0.379 e. The second kappa shape index (κ2) is 15.4. The summed E-state index contributed by atoms with van der Waals surface area (Å²) in [5.74, 6) is 0.781. The van der Waals surface area contributed by atoms with Crippen LogP contribution in [-0.2, 0) is 20.3 Å². The molecule has 4 aromatic carbocycles. The highest BCUT2D eigenvalue weighted by Gasteiger charge is 2.39. The van der Waals surface area contributed by atoms with Gasteiger partial charge in [-0.1, -0.05) is 113 Å². The zero-order valence-electron chi connectivity index (χ0n) is 29.2. The van der Waals surface area contributed by atoms with Crippen LogP contribution in [0.4, 0.5) is 0 Å². The van der Waals surface area contributed by atoms with E-state index >= 15 is 0 Å². The van der Waals surface area contributed by atoms with Crippen molar-refractivity contribution in [2.45, 2.75) is 51.4 Å². The molecule has 0 amide bonds. The third kappa shape index (κ3) is 7.34. The van der Waals surface area contributed by atoms with Crippen LogP contribution in [-0.4, -0.2) is 88.3 Å². The molecule has 2 aliphatic heterocycles. The molecule has 0 radical (unpaired) electrons. The summed E-state index contributed by atoms with van der Waals surface area (Å²) in [7, 11) is 0. The lowest BCUT2D eigenvalue weighted by Gasteiger charge is -2.41. The molecule has 0 aliphatic carbocycles. The topological polar surface area (TPSA) is 37.3 Å². The van der Waals surface area contributed by atoms with Gasteiger partial charge in [-0.05, 0) is 70.4 Å². The standard InChI is InChI=1S/C42H55N3O2/c1-33(2)41(19-21-44-23-27-46-28-24-44,39-17-9-13-35-11-5-7-15-37(35)39)31-43-32-42(34(3)4,20-22-45-25-29-47-30-26-45)40-18-10-14-36-12-6-8-16-38(36)40/h5-18,31,33-34H,19-30,32H2,1-4H3. The summed E-state index contributed by atoms with van der Waals surface area (Å²) in [6, 6.07) is 31.6. The molecule has 2 unspecified atom stereocenters. The van der Waals surface area contributed by atoms with Gasteiger partial charge in [-0.2, -0.15) is 0 Å². The van der Waals surface area contributed by atoms with Gasteiger partial charge in [0.1, 0.15) is 0 Å². The molecule has 2 heterocycles. The number of fused-ring (bicyclic) bond motifs is 2. The van der Waals surface area contributed by atoms with E-state index in [1.807, 2.05) is 0 Å². The van der Waals surface area contributed by atoms with E-state index in [1.165, 1.54) is 32.7 Å². The second-order valence-corrected chi connectivity index (χ2v) is 14.4. The second-order valence-electron chi connectivity index (χ2n) is 14.4. The molecule has 6 rings (SSSR count). The lowest BCUT2D eigenvalue weighted by Crippen LogP contribution is -2.44. The van der Waals surface area contributed by atoms with Crippen LogP contribution in [0.3, 0.4) is 0 Å². The average Bonchev–Trinajstić information content (AvgIpc) is 3.11. The van der Waals surface area contributed by atoms with E-state index in [9.17, 15) is 0 Å². The maximum atomic E-state index is 5.71. The van der Waals surface area contributed by atoms with Gasteiger partial charge in [-0.3, -0.25) is 14.8 Å². The van der Waals surface area contributed by atoms with Gasteiger partial charge < -0.3 is 9.47 Å². The Morgan fingerprint density at radius 1 is 0.617 bits per heavy atom. The van der Waals surface area contributed by atoms with Gasteiger partial charge in [0, 0.05) is 49.8 Å². The Bertz CT molecular complexity index is 1610. The van der Waals surface area contributed by atoms with Crippen LogP contribution in [0.5, 0.6) is 0 Å². The van der Waals surface area contributed by atoms with Gasteiger partial charge in [0.15, 0.2) is 0 Å². The summed E-state index contributed by atoms with van der Waals surface area (Å²) in [4.78, 5) is 10.8. The monoisotopic (exact) mass is 633 g/mol. The van der Waals surface area contributed by atoms with Crippen LogP contribution >= 0.6 is 0 Å². The molecule has 250 valence electrons. The number of hydrogen-bond donors (Lipinski definition) is 0. The van der Waals surface area contributed by atoms with Crippen molar-refractivity contribution in [3.63, 3.8) is 0 Å². The Labute approximate surface area is 283 Å². The van der Waals surface area contributed by atoms with E-state index in [0.717, 1.165) is 85.1 Å². The Morgan fingerprint density at radius 2 is 1.11 bits per heavy atom. The Balaban J connectivity index is 1.43. The van der Waals surface area contributed by atoms with Crippen LogP contribution in [0, 0.1) is 11.8 Å². The predicted octanol–water partition coefficient (Wildman–Crippen LogP) is 8.00. The van der Waals surface area contributed by atoms with Gasteiger partial charge >= 0.3 is 0 Å². The molecule has 2 aliphatic rings. The van der Waals surface area contributed by atoms with E-state index < -0.39 is 0 Å². The molecular weight excluding hydrogens is 578 g/mol. The molecule has 0 aromatic heterocycles. The van der Waals surface area contributed by atoms with Crippen molar-refractivity contribution in [2.24, 2.45) is 16.8 Å². The summed E-state index contributed by atoms with van der Waals surface area (Å²) in [5, 5.41) is 5.31. The molecule has 47 heavy (non-hydrogen) atoms. The summed E-state index contributed by atoms with van der Waals surface area (Å²) in [5.41, 5.74) is 2.52. The first-order valence-electron chi connectivity index (χ1n) is 18.0. The molecule has 2 saturated heterocycles. The molecule has 5 nitrogen and oxygen atoms in total. The molecule has 0 saturated carbocycles. The third-order valence-corrected chi connectivity index (χ3v) is 11.4. The lowest BCUT2D eigenvalue weighted by atomic mass is 9.67. The van der Waals surface area contributed by atoms with Gasteiger partial charge in [0.25, 0.3) is 0 Å². The van der Waals surface area contributed by atoms with E-state index in [4.69, 9.17) is 14.5 Å². The number of ether oxygens (including phenoxy) is 2. The van der Waals surface area contributed by atoms with Crippen molar-refractivity contribution in [3.05, 3.63) is 96.1 Å². The molecule has 0 bridgehead atoms. The normalized spacial score (nSPS) is 19.5. The van der Waals surface area contributed by atoms with E-state index in [2.05, 4.69) is 129 Å². The van der Waals surface area contributed by atoms with Crippen molar-refractivity contribution < 1.29 is 9.47 Å². The van der Waals surface area contributed by atoms with Crippen LogP contribution < -0.4 is 0 Å². The SMILES string of the molecule is CC(C)C(C=NCC(CCN1CCOCC1)(c1cccc2ccccc12)C(C)C)(CCN1CCOCC1)c1cccc2ccccc12. The fourth-order valence-electron chi connectivity index (χ4n) is 8.11. The van der Waals surface area contributed by atoms with E-state index in [0.29, 0.717) is 11.8 Å². The third-order valence-electron chi connectivity index (χ3n) is 11.4. The Hall–Kier alpha value is -3.09. The number of aliphatic imine (C=N–C) groups is 1. The van der Waals surface area contributed by atoms with Crippen molar-refractivity contribution in [3.8, 4) is 0 Å². The average molecular weight is 634 g/mol. The van der Waals surface area contributed by atoms with Crippen molar-refractivity contribution >= 4 is 27.8 Å². The minimum Gasteiger partial charge on any atom is -0.379 e. The highest BCUT2D eigenvalue weighted by Crippen LogP contribution is 2.42. The number of morpholine rings is 2. The van der Waals surface area contributed by atoms with Crippen molar-refractivity contribution in [1.82, 2.24) is 9.80 Å². The van der Waals surface area contributed by atoms with Gasteiger partial charge in [0.05, 0.1) is 26.4 Å². The summed E-state index contributed by atoms with van der Waals surface area (Å²) < 4.78 is 11.4. The molecule has 0 N–H and O–H groups in total. The van der Waals surface area contributed by atoms with Crippen molar-refractivity contribution in [2.75, 3.05) is 72.2 Å². The van der Waals surface area contributed by atoms with Crippen molar-refractivity contribution in [1.29, 1.82) is 0 Å². The quantitative estimate of drug-likeness (QED) is 0.140. The van der Waals surface area contributed by atoms with Crippen LogP contribution in [0.15, 0.2) is 89.9 Å².